The van der Waals surface area contributed by atoms with E-state index in [2.05, 4.69) is 20.4 Å². The SMILES string of the molecule is O=[N+]([O-])c1cc2c(NCc3ccc4c(c3)OCO4)nc(-c3ccno3)nc2s1. The van der Waals surface area contributed by atoms with E-state index in [0.29, 0.717) is 45.7 Å². The first-order valence-corrected chi connectivity index (χ1v) is 8.98. The molecule has 1 aliphatic rings. The minimum Gasteiger partial charge on any atom is -0.454 e. The number of fused-ring (bicyclic) bond motifs is 2. The van der Waals surface area contributed by atoms with Crippen LogP contribution in [0.25, 0.3) is 21.8 Å². The van der Waals surface area contributed by atoms with Gasteiger partial charge in [-0.15, -0.1) is 0 Å². The maximum Gasteiger partial charge on any atom is 0.326 e. The van der Waals surface area contributed by atoms with Crippen LogP contribution in [0.4, 0.5) is 10.8 Å². The van der Waals surface area contributed by atoms with E-state index in [9.17, 15) is 10.1 Å². The lowest BCUT2D eigenvalue weighted by Crippen LogP contribution is -2.03. The Morgan fingerprint density at radius 3 is 2.89 bits per heavy atom. The fraction of sp³-hybridized carbons (Fsp3) is 0.118. The minimum atomic E-state index is -0.442. The Labute approximate surface area is 160 Å². The van der Waals surface area contributed by atoms with Crippen LogP contribution in [0.3, 0.4) is 0 Å². The van der Waals surface area contributed by atoms with Crippen molar-refractivity contribution < 1.29 is 18.9 Å². The summed E-state index contributed by atoms with van der Waals surface area (Å²) in [5.74, 6) is 2.53. The first-order valence-electron chi connectivity index (χ1n) is 8.17. The molecule has 5 rings (SSSR count). The quantitative estimate of drug-likeness (QED) is 0.397. The third-order valence-corrected chi connectivity index (χ3v) is 5.10. The minimum absolute atomic E-state index is 0.00912. The molecule has 4 aromatic rings. The third-order valence-electron chi connectivity index (χ3n) is 4.11. The lowest BCUT2D eigenvalue weighted by molar-refractivity contribution is -0.380. The van der Waals surface area contributed by atoms with Crippen molar-refractivity contribution in [1.82, 2.24) is 15.1 Å². The van der Waals surface area contributed by atoms with E-state index in [-0.39, 0.29) is 11.8 Å². The van der Waals surface area contributed by atoms with Crippen LogP contribution < -0.4 is 14.8 Å². The summed E-state index contributed by atoms with van der Waals surface area (Å²) in [5.41, 5.74) is 0.946. The molecule has 0 bridgehead atoms. The molecule has 1 aromatic carbocycles. The number of nitrogens with one attached hydrogen (secondary N) is 1. The Morgan fingerprint density at radius 2 is 2.07 bits per heavy atom. The van der Waals surface area contributed by atoms with Crippen molar-refractivity contribution in [2.75, 3.05) is 12.1 Å². The van der Waals surface area contributed by atoms with Gasteiger partial charge in [0.05, 0.1) is 16.5 Å². The summed E-state index contributed by atoms with van der Waals surface area (Å²) in [7, 11) is 0. The van der Waals surface area contributed by atoms with Gasteiger partial charge in [0, 0.05) is 18.7 Å². The van der Waals surface area contributed by atoms with Crippen molar-refractivity contribution in [2.45, 2.75) is 6.54 Å². The highest BCUT2D eigenvalue weighted by atomic mass is 32.1. The molecule has 1 aliphatic heterocycles. The lowest BCUT2D eigenvalue weighted by atomic mass is 10.2. The first-order chi connectivity index (χ1) is 13.7. The molecule has 0 amide bonds. The molecular weight excluding hydrogens is 386 g/mol. The van der Waals surface area contributed by atoms with Gasteiger partial charge in [-0.25, -0.2) is 9.97 Å². The molecule has 0 fully saturated rings. The van der Waals surface area contributed by atoms with Crippen molar-refractivity contribution in [2.24, 2.45) is 0 Å². The Hall–Kier alpha value is -3.73. The van der Waals surface area contributed by atoms with E-state index in [1.165, 1.54) is 12.3 Å². The van der Waals surface area contributed by atoms with Gasteiger partial charge in [-0.1, -0.05) is 11.2 Å². The zero-order valence-electron chi connectivity index (χ0n) is 14.1. The summed E-state index contributed by atoms with van der Waals surface area (Å²) in [5, 5.41) is 18.6. The molecule has 1 N–H and O–H groups in total. The van der Waals surface area contributed by atoms with Crippen LogP contribution in [-0.4, -0.2) is 26.8 Å². The molecule has 0 aliphatic carbocycles. The van der Waals surface area contributed by atoms with Gasteiger partial charge < -0.3 is 19.3 Å². The number of nitrogens with zero attached hydrogens (tertiary/aromatic N) is 4. The van der Waals surface area contributed by atoms with E-state index < -0.39 is 4.92 Å². The highest BCUT2D eigenvalue weighted by Crippen LogP contribution is 2.36. The second-order valence-corrected chi connectivity index (χ2v) is 6.88. The van der Waals surface area contributed by atoms with Gasteiger partial charge in [0.2, 0.25) is 18.4 Å². The van der Waals surface area contributed by atoms with E-state index >= 15 is 0 Å². The van der Waals surface area contributed by atoms with Gasteiger partial charge >= 0.3 is 5.00 Å². The third kappa shape index (κ3) is 2.87. The smallest absolute Gasteiger partial charge is 0.326 e. The summed E-state index contributed by atoms with van der Waals surface area (Å²) >= 11 is 0.980. The lowest BCUT2D eigenvalue weighted by Gasteiger charge is -2.08. The van der Waals surface area contributed by atoms with E-state index in [0.717, 1.165) is 16.9 Å². The number of rotatable bonds is 5. The van der Waals surface area contributed by atoms with E-state index in [1.54, 1.807) is 6.07 Å². The summed E-state index contributed by atoms with van der Waals surface area (Å²) < 4.78 is 15.8. The monoisotopic (exact) mass is 397 g/mol. The van der Waals surface area contributed by atoms with Gasteiger partial charge in [0.25, 0.3) is 0 Å². The van der Waals surface area contributed by atoms with Crippen molar-refractivity contribution in [3.63, 3.8) is 0 Å². The van der Waals surface area contributed by atoms with Crippen molar-refractivity contribution in [3.05, 3.63) is 52.2 Å². The van der Waals surface area contributed by atoms with Gasteiger partial charge in [0.1, 0.15) is 10.6 Å². The maximum atomic E-state index is 11.2. The highest BCUT2D eigenvalue weighted by Gasteiger charge is 2.19. The number of anilines is 1. The number of benzene rings is 1. The van der Waals surface area contributed by atoms with Gasteiger partial charge in [-0.05, 0) is 29.0 Å². The number of hydrogen-bond donors (Lipinski definition) is 1. The molecule has 28 heavy (non-hydrogen) atoms. The zero-order valence-corrected chi connectivity index (χ0v) is 14.9. The molecule has 11 heteroatoms. The number of ether oxygens (including phenoxy) is 2. The summed E-state index contributed by atoms with van der Waals surface area (Å²) in [6.45, 7) is 0.639. The predicted molar refractivity (Wildman–Crippen MR) is 99.5 cm³/mol. The molecular formula is C17H11N5O5S. The van der Waals surface area contributed by atoms with Crippen LogP contribution in [0.5, 0.6) is 11.5 Å². The predicted octanol–water partition coefficient (Wildman–Crippen LogP) is 3.60. The molecule has 140 valence electrons. The van der Waals surface area contributed by atoms with Crippen LogP contribution >= 0.6 is 11.3 Å². The fourth-order valence-corrected chi connectivity index (χ4v) is 3.66. The fourth-order valence-electron chi connectivity index (χ4n) is 2.81. The Bertz CT molecular complexity index is 1190. The average Bonchev–Trinajstić information content (AvgIpc) is 3.45. The highest BCUT2D eigenvalue weighted by molar-refractivity contribution is 7.21. The van der Waals surface area contributed by atoms with Crippen LogP contribution in [0.1, 0.15) is 5.56 Å². The van der Waals surface area contributed by atoms with Crippen LogP contribution in [0.15, 0.2) is 41.1 Å². The maximum absolute atomic E-state index is 11.2. The number of hydrogen-bond acceptors (Lipinski definition) is 10. The van der Waals surface area contributed by atoms with Gasteiger partial charge in [0.15, 0.2) is 11.5 Å². The Morgan fingerprint density at radius 1 is 1.18 bits per heavy atom. The Balaban J connectivity index is 1.52. The number of thiophene rings is 1. The Kier molecular flexibility index (Phi) is 3.79. The zero-order chi connectivity index (χ0) is 19.1. The van der Waals surface area contributed by atoms with Crippen LogP contribution in [0, 0.1) is 10.1 Å². The molecule has 0 radical (unpaired) electrons. The first kappa shape index (κ1) is 16.4. The van der Waals surface area contributed by atoms with Crippen molar-refractivity contribution >= 4 is 32.4 Å². The van der Waals surface area contributed by atoms with Gasteiger partial charge in [-0.2, -0.15) is 0 Å². The van der Waals surface area contributed by atoms with Crippen LogP contribution in [0.2, 0.25) is 0 Å². The molecule has 10 nitrogen and oxygen atoms in total. The molecule has 4 heterocycles. The van der Waals surface area contributed by atoms with Gasteiger partial charge in [-0.3, -0.25) is 10.1 Å². The molecule has 0 saturated heterocycles. The second kappa shape index (κ2) is 6.46. The van der Waals surface area contributed by atoms with E-state index in [1.807, 2.05) is 18.2 Å². The normalized spacial score (nSPS) is 12.4. The summed E-state index contributed by atoms with van der Waals surface area (Å²) in [6.07, 6.45) is 1.49. The van der Waals surface area contributed by atoms with Crippen molar-refractivity contribution in [3.8, 4) is 23.1 Å². The number of aromatic nitrogens is 3. The molecule has 3 aromatic heterocycles. The summed E-state index contributed by atoms with van der Waals surface area (Å²) in [6, 6.07) is 8.72. The molecule has 0 spiro atoms. The van der Waals surface area contributed by atoms with E-state index in [4.69, 9.17) is 14.0 Å². The second-order valence-electron chi connectivity index (χ2n) is 5.87. The largest absolute Gasteiger partial charge is 0.454 e. The standard InChI is InChI=1S/C17H11N5O5S/c23-22(24)14-6-10-15(18-7-9-1-2-11-13(5-9)26-8-25-11)20-16(21-17(10)28-14)12-3-4-19-27-12/h1-6H,7-8H2,(H,18,20,21). The topological polar surface area (TPSA) is 125 Å². The van der Waals surface area contributed by atoms with Crippen LogP contribution in [-0.2, 0) is 6.54 Å². The molecule has 0 saturated carbocycles. The molecule has 0 atom stereocenters. The summed E-state index contributed by atoms with van der Waals surface area (Å²) in [4.78, 5) is 20.1. The number of nitro groups is 1. The average molecular weight is 397 g/mol. The van der Waals surface area contributed by atoms with Crippen molar-refractivity contribution in [1.29, 1.82) is 0 Å². The molecule has 0 unspecified atom stereocenters.